The number of aryl methyl sites for hydroxylation is 1. The van der Waals surface area contributed by atoms with Crippen molar-refractivity contribution in [2.75, 3.05) is 14.2 Å². The molecule has 1 aromatic carbocycles. The zero-order valence-corrected chi connectivity index (χ0v) is 9.46. The SMILES string of the molecule is COC(=O)c1cc2c(C)c(OC)ccc2[nH]1.[HH]. The van der Waals surface area contributed by atoms with E-state index in [1.54, 1.807) is 13.2 Å². The highest BCUT2D eigenvalue weighted by Gasteiger charge is 2.12. The van der Waals surface area contributed by atoms with Gasteiger partial charge in [-0.2, -0.15) is 0 Å². The number of aromatic amines is 1. The van der Waals surface area contributed by atoms with Crippen molar-refractivity contribution >= 4 is 16.9 Å². The minimum atomic E-state index is -0.366. The molecular weight excluding hydrogens is 206 g/mol. The number of nitrogens with one attached hydrogen (secondary N) is 1. The van der Waals surface area contributed by atoms with Gasteiger partial charge in [-0.1, -0.05) is 0 Å². The number of carbonyl (C=O) groups excluding carboxylic acids is 1. The van der Waals surface area contributed by atoms with Gasteiger partial charge in [0.2, 0.25) is 0 Å². The third-order valence-electron chi connectivity index (χ3n) is 2.65. The van der Waals surface area contributed by atoms with E-state index in [9.17, 15) is 4.79 Å². The van der Waals surface area contributed by atoms with Gasteiger partial charge in [0.1, 0.15) is 11.4 Å². The summed E-state index contributed by atoms with van der Waals surface area (Å²) < 4.78 is 9.88. The molecule has 0 bridgehead atoms. The number of rotatable bonds is 2. The third-order valence-corrected chi connectivity index (χ3v) is 2.65. The molecule has 1 heterocycles. The Labute approximate surface area is 94.7 Å². The molecule has 0 aliphatic rings. The molecule has 0 unspecified atom stereocenters. The summed E-state index contributed by atoms with van der Waals surface area (Å²) in [5.74, 6) is 0.442. The molecule has 0 atom stereocenters. The number of fused-ring (bicyclic) bond motifs is 1. The fourth-order valence-electron chi connectivity index (χ4n) is 1.77. The quantitative estimate of drug-likeness (QED) is 0.793. The van der Waals surface area contributed by atoms with Gasteiger partial charge >= 0.3 is 5.97 Å². The number of methoxy groups -OCH3 is 2. The largest absolute Gasteiger partial charge is 0.496 e. The molecule has 0 amide bonds. The molecule has 4 heteroatoms. The molecule has 1 N–H and O–H groups in total. The van der Waals surface area contributed by atoms with E-state index in [4.69, 9.17) is 4.74 Å². The van der Waals surface area contributed by atoms with Crippen LogP contribution in [0.3, 0.4) is 0 Å². The summed E-state index contributed by atoms with van der Waals surface area (Å²) >= 11 is 0. The highest BCUT2D eigenvalue weighted by Crippen LogP contribution is 2.27. The van der Waals surface area contributed by atoms with Crippen LogP contribution in [0, 0.1) is 6.92 Å². The van der Waals surface area contributed by atoms with Gasteiger partial charge in [-0.25, -0.2) is 4.79 Å². The minimum absolute atomic E-state index is 0. The van der Waals surface area contributed by atoms with Crippen LogP contribution in [-0.4, -0.2) is 25.2 Å². The summed E-state index contributed by atoms with van der Waals surface area (Å²) in [5, 5.41) is 0.972. The van der Waals surface area contributed by atoms with Gasteiger partial charge in [0.25, 0.3) is 0 Å². The second-order valence-corrected chi connectivity index (χ2v) is 3.53. The predicted molar refractivity (Wildman–Crippen MR) is 63.0 cm³/mol. The lowest BCUT2D eigenvalue weighted by Gasteiger charge is -2.04. The lowest BCUT2D eigenvalue weighted by atomic mass is 10.1. The first-order chi connectivity index (χ1) is 7.67. The molecular formula is C12H15NO3. The topological polar surface area (TPSA) is 51.3 Å². The zero-order valence-electron chi connectivity index (χ0n) is 9.46. The highest BCUT2D eigenvalue weighted by atomic mass is 16.5. The Hall–Kier alpha value is -1.97. The first-order valence-corrected chi connectivity index (χ1v) is 4.92. The maximum Gasteiger partial charge on any atom is 0.354 e. The van der Waals surface area contributed by atoms with Gasteiger partial charge in [-0.15, -0.1) is 0 Å². The molecule has 0 aliphatic heterocycles. The van der Waals surface area contributed by atoms with Crippen molar-refractivity contribution in [1.29, 1.82) is 0 Å². The summed E-state index contributed by atoms with van der Waals surface area (Å²) in [6, 6.07) is 5.53. The lowest BCUT2D eigenvalue weighted by Crippen LogP contribution is -2.00. The van der Waals surface area contributed by atoms with Crippen molar-refractivity contribution in [2.45, 2.75) is 6.92 Å². The molecule has 16 heavy (non-hydrogen) atoms. The monoisotopic (exact) mass is 221 g/mol. The van der Waals surface area contributed by atoms with Gasteiger partial charge in [-0.3, -0.25) is 0 Å². The minimum Gasteiger partial charge on any atom is -0.496 e. The number of carbonyl (C=O) groups is 1. The van der Waals surface area contributed by atoms with E-state index in [-0.39, 0.29) is 7.40 Å². The molecule has 4 nitrogen and oxygen atoms in total. The van der Waals surface area contributed by atoms with Crippen molar-refractivity contribution in [3.05, 3.63) is 29.5 Å². The van der Waals surface area contributed by atoms with E-state index in [0.29, 0.717) is 5.69 Å². The van der Waals surface area contributed by atoms with Crippen molar-refractivity contribution in [3.8, 4) is 5.75 Å². The standard InChI is InChI=1S/C12H13NO3.H2/c1-7-8-6-10(12(14)16-3)13-9(8)4-5-11(7)15-2;/h4-6,13H,1-3H3;1H. The van der Waals surface area contributed by atoms with Crippen LogP contribution in [0.2, 0.25) is 0 Å². The third kappa shape index (κ3) is 1.52. The normalized spacial score (nSPS) is 10.4. The Morgan fingerprint density at radius 3 is 2.75 bits per heavy atom. The second kappa shape index (κ2) is 3.89. The molecule has 2 rings (SSSR count). The molecule has 0 saturated heterocycles. The summed E-state index contributed by atoms with van der Waals surface area (Å²) in [7, 11) is 2.99. The van der Waals surface area contributed by atoms with Gasteiger partial charge < -0.3 is 14.5 Å². The molecule has 0 aliphatic carbocycles. The van der Waals surface area contributed by atoms with Crippen LogP contribution < -0.4 is 4.74 Å². The number of hydrogen-bond acceptors (Lipinski definition) is 3. The number of hydrogen-bond donors (Lipinski definition) is 1. The highest BCUT2D eigenvalue weighted by molar-refractivity contribution is 5.96. The molecule has 2 aromatic rings. The first kappa shape index (κ1) is 10.5. The van der Waals surface area contributed by atoms with Crippen molar-refractivity contribution in [1.82, 2.24) is 4.98 Å². The maximum atomic E-state index is 11.4. The Balaban J connectivity index is 0.00000144. The summed E-state index contributed by atoms with van der Waals surface area (Å²) in [6.45, 7) is 1.95. The molecule has 0 saturated carbocycles. The van der Waals surface area contributed by atoms with Crippen LogP contribution in [-0.2, 0) is 4.74 Å². The Kier molecular flexibility index (Phi) is 2.56. The smallest absolute Gasteiger partial charge is 0.354 e. The van der Waals surface area contributed by atoms with E-state index in [1.807, 2.05) is 19.1 Å². The van der Waals surface area contributed by atoms with Crippen LogP contribution >= 0.6 is 0 Å². The number of aromatic nitrogens is 1. The molecule has 1 aromatic heterocycles. The molecule has 0 spiro atoms. The average molecular weight is 221 g/mol. The Morgan fingerprint density at radius 1 is 1.38 bits per heavy atom. The zero-order chi connectivity index (χ0) is 11.7. The van der Waals surface area contributed by atoms with Gasteiger partial charge in [0.15, 0.2) is 0 Å². The molecule has 0 radical (unpaired) electrons. The fourth-order valence-corrected chi connectivity index (χ4v) is 1.77. The number of H-pyrrole nitrogens is 1. The lowest BCUT2D eigenvalue weighted by molar-refractivity contribution is 0.0595. The number of ether oxygens (including phenoxy) is 2. The van der Waals surface area contributed by atoms with Gasteiger partial charge in [0, 0.05) is 17.9 Å². The van der Waals surface area contributed by atoms with Crippen molar-refractivity contribution in [3.63, 3.8) is 0 Å². The van der Waals surface area contributed by atoms with Crippen molar-refractivity contribution < 1.29 is 15.7 Å². The van der Waals surface area contributed by atoms with Crippen LogP contribution in [0.5, 0.6) is 5.75 Å². The van der Waals surface area contributed by atoms with E-state index < -0.39 is 0 Å². The predicted octanol–water partition coefficient (Wildman–Crippen LogP) is 2.52. The fraction of sp³-hybridized carbons (Fsp3) is 0.250. The van der Waals surface area contributed by atoms with E-state index in [2.05, 4.69) is 9.72 Å². The number of esters is 1. The first-order valence-electron chi connectivity index (χ1n) is 4.92. The van der Waals surface area contributed by atoms with Gasteiger partial charge in [-0.05, 0) is 25.1 Å². The van der Waals surface area contributed by atoms with Crippen LogP contribution in [0.15, 0.2) is 18.2 Å². The second-order valence-electron chi connectivity index (χ2n) is 3.53. The maximum absolute atomic E-state index is 11.4. The van der Waals surface area contributed by atoms with Crippen LogP contribution in [0.1, 0.15) is 17.5 Å². The number of benzene rings is 1. The Morgan fingerprint density at radius 2 is 2.12 bits per heavy atom. The van der Waals surface area contributed by atoms with Crippen molar-refractivity contribution in [2.24, 2.45) is 0 Å². The van der Waals surface area contributed by atoms with Gasteiger partial charge in [0.05, 0.1) is 14.2 Å². The van der Waals surface area contributed by atoms with Crippen LogP contribution in [0.25, 0.3) is 10.9 Å². The summed E-state index contributed by atoms with van der Waals surface area (Å²) in [5.41, 5.74) is 2.36. The van der Waals surface area contributed by atoms with E-state index in [0.717, 1.165) is 22.2 Å². The molecule has 0 fully saturated rings. The summed E-state index contributed by atoms with van der Waals surface area (Å²) in [4.78, 5) is 14.4. The van der Waals surface area contributed by atoms with E-state index >= 15 is 0 Å². The average Bonchev–Trinajstić information content (AvgIpc) is 2.73. The van der Waals surface area contributed by atoms with E-state index in [1.165, 1.54) is 7.11 Å². The van der Waals surface area contributed by atoms with Crippen LogP contribution in [0.4, 0.5) is 0 Å². The molecule has 86 valence electrons. The summed E-state index contributed by atoms with van der Waals surface area (Å²) in [6.07, 6.45) is 0. The Bertz CT molecular complexity index is 548.